The maximum absolute atomic E-state index is 12.5. The Morgan fingerprint density at radius 3 is 2.52 bits per heavy atom. The van der Waals surface area contributed by atoms with Gasteiger partial charge in [0.05, 0.1) is 12.1 Å². The fraction of sp³-hybridized carbons (Fsp3) is 0.421. The number of anilines is 2. The van der Waals surface area contributed by atoms with E-state index in [9.17, 15) is 9.59 Å². The molecular formula is C19H23ClN4O2S. The Balaban J connectivity index is 1.52. The molecule has 8 heteroatoms. The van der Waals surface area contributed by atoms with E-state index >= 15 is 0 Å². The Morgan fingerprint density at radius 2 is 1.85 bits per heavy atom. The Morgan fingerprint density at radius 1 is 1.19 bits per heavy atom. The van der Waals surface area contributed by atoms with Crippen LogP contribution < -0.4 is 10.6 Å². The van der Waals surface area contributed by atoms with Gasteiger partial charge in [-0.1, -0.05) is 25.4 Å². The zero-order chi connectivity index (χ0) is 19.4. The van der Waals surface area contributed by atoms with E-state index in [1.807, 2.05) is 10.3 Å². The van der Waals surface area contributed by atoms with Crippen molar-refractivity contribution in [2.75, 3.05) is 23.7 Å². The summed E-state index contributed by atoms with van der Waals surface area (Å²) in [6, 6.07) is 6.45. The third kappa shape index (κ3) is 5.68. The summed E-state index contributed by atoms with van der Waals surface area (Å²) in [5.41, 5.74) is 1.31. The van der Waals surface area contributed by atoms with Gasteiger partial charge in [-0.25, -0.2) is 9.78 Å². The first-order chi connectivity index (χ1) is 12.9. The summed E-state index contributed by atoms with van der Waals surface area (Å²) in [7, 11) is 0. The lowest BCUT2D eigenvalue weighted by atomic mass is 9.92. The second-order valence-electron chi connectivity index (χ2n) is 7.15. The van der Waals surface area contributed by atoms with Gasteiger partial charge in [-0.15, -0.1) is 11.3 Å². The largest absolute Gasteiger partial charge is 0.342 e. The molecule has 27 heavy (non-hydrogen) atoms. The fourth-order valence-electron chi connectivity index (χ4n) is 3.37. The number of halogens is 1. The van der Waals surface area contributed by atoms with Gasteiger partial charge in [-0.2, -0.15) is 0 Å². The summed E-state index contributed by atoms with van der Waals surface area (Å²) in [5, 5.41) is 8.28. The number of thiazole rings is 1. The van der Waals surface area contributed by atoms with Crippen molar-refractivity contribution in [3.63, 3.8) is 0 Å². The number of aromatic nitrogens is 1. The number of piperidine rings is 1. The number of carbonyl (C=O) groups excluding carboxylic acids is 2. The molecule has 0 spiro atoms. The van der Waals surface area contributed by atoms with Gasteiger partial charge >= 0.3 is 6.03 Å². The lowest BCUT2D eigenvalue weighted by Crippen LogP contribution is -2.43. The molecule has 2 aromatic rings. The van der Waals surface area contributed by atoms with Crippen LogP contribution in [-0.2, 0) is 11.2 Å². The monoisotopic (exact) mass is 406 g/mol. The standard InChI is InChI=1S/C19H23ClN4O2S/c1-12-7-13(2)10-24(9-12)17(25)8-16-11-27-19(22-16)23-18(26)21-15-5-3-14(20)4-6-15/h3-6,11-13H,7-10H2,1-2H3,(H2,21,22,23,26). The van der Waals surface area contributed by atoms with E-state index in [1.165, 1.54) is 11.3 Å². The molecule has 1 aromatic carbocycles. The van der Waals surface area contributed by atoms with Crippen LogP contribution >= 0.6 is 22.9 Å². The van der Waals surface area contributed by atoms with Gasteiger partial charge in [0.1, 0.15) is 0 Å². The van der Waals surface area contributed by atoms with Gasteiger partial charge in [-0.3, -0.25) is 10.1 Å². The molecule has 0 radical (unpaired) electrons. The van der Waals surface area contributed by atoms with Crippen molar-refractivity contribution in [2.45, 2.75) is 26.7 Å². The molecule has 1 aliphatic rings. The normalized spacial score (nSPS) is 19.6. The number of rotatable bonds is 4. The summed E-state index contributed by atoms with van der Waals surface area (Å²) >= 11 is 7.13. The quantitative estimate of drug-likeness (QED) is 0.785. The topological polar surface area (TPSA) is 74.3 Å². The molecule has 0 saturated carbocycles. The van der Waals surface area contributed by atoms with Crippen LogP contribution in [0.2, 0.25) is 5.02 Å². The molecule has 144 valence electrons. The lowest BCUT2D eigenvalue weighted by Gasteiger charge is -2.35. The van der Waals surface area contributed by atoms with E-state index in [0.717, 1.165) is 19.5 Å². The van der Waals surface area contributed by atoms with Crippen LogP contribution in [0.5, 0.6) is 0 Å². The highest BCUT2D eigenvalue weighted by atomic mass is 35.5. The van der Waals surface area contributed by atoms with Crippen molar-refractivity contribution < 1.29 is 9.59 Å². The molecule has 0 aliphatic carbocycles. The Kier molecular flexibility index (Phi) is 6.34. The van der Waals surface area contributed by atoms with E-state index in [4.69, 9.17) is 11.6 Å². The molecule has 1 fully saturated rings. The number of amides is 3. The molecule has 0 bridgehead atoms. The summed E-state index contributed by atoms with van der Waals surface area (Å²) in [5.74, 6) is 1.15. The number of nitrogens with one attached hydrogen (secondary N) is 2. The van der Waals surface area contributed by atoms with Crippen molar-refractivity contribution >= 4 is 45.7 Å². The minimum Gasteiger partial charge on any atom is -0.342 e. The number of hydrogen-bond acceptors (Lipinski definition) is 4. The summed E-state index contributed by atoms with van der Waals surface area (Å²) in [4.78, 5) is 30.9. The van der Waals surface area contributed by atoms with Crippen molar-refractivity contribution in [3.8, 4) is 0 Å². The minimum absolute atomic E-state index is 0.0934. The van der Waals surface area contributed by atoms with Gasteiger partial charge in [0, 0.05) is 29.2 Å². The lowest BCUT2D eigenvalue weighted by molar-refractivity contribution is -0.133. The Labute approximate surface area is 167 Å². The van der Waals surface area contributed by atoms with Crippen molar-refractivity contribution in [1.82, 2.24) is 9.88 Å². The Bertz CT molecular complexity index is 798. The molecule has 1 saturated heterocycles. The first-order valence-corrected chi connectivity index (χ1v) is 10.2. The zero-order valence-electron chi connectivity index (χ0n) is 15.4. The van der Waals surface area contributed by atoms with E-state index in [2.05, 4.69) is 29.5 Å². The Hall–Kier alpha value is -2.12. The first-order valence-electron chi connectivity index (χ1n) is 8.95. The van der Waals surface area contributed by atoms with Gasteiger partial charge in [0.2, 0.25) is 5.91 Å². The predicted molar refractivity (Wildman–Crippen MR) is 109 cm³/mol. The van der Waals surface area contributed by atoms with Crippen LogP contribution in [0.3, 0.4) is 0 Å². The van der Waals surface area contributed by atoms with E-state index in [0.29, 0.717) is 33.4 Å². The highest BCUT2D eigenvalue weighted by molar-refractivity contribution is 7.14. The summed E-state index contributed by atoms with van der Waals surface area (Å²) in [6.45, 7) is 5.98. The first kappa shape index (κ1) is 19.6. The van der Waals surface area contributed by atoms with Crippen LogP contribution in [0.15, 0.2) is 29.6 Å². The molecule has 1 aliphatic heterocycles. The predicted octanol–water partition coefficient (Wildman–Crippen LogP) is 4.49. The number of benzene rings is 1. The zero-order valence-corrected chi connectivity index (χ0v) is 16.9. The van der Waals surface area contributed by atoms with Gasteiger partial charge < -0.3 is 10.2 Å². The molecule has 2 atom stereocenters. The fourth-order valence-corrected chi connectivity index (χ4v) is 4.20. The van der Waals surface area contributed by atoms with Crippen molar-refractivity contribution in [2.24, 2.45) is 11.8 Å². The highest BCUT2D eigenvalue weighted by Crippen LogP contribution is 2.23. The second-order valence-corrected chi connectivity index (χ2v) is 8.45. The minimum atomic E-state index is -0.386. The van der Waals surface area contributed by atoms with Crippen LogP contribution in [0.4, 0.5) is 15.6 Å². The number of likely N-dealkylation sites (tertiary alicyclic amines) is 1. The van der Waals surface area contributed by atoms with Gasteiger partial charge in [-0.05, 0) is 42.5 Å². The molecule has 3 amide bonds. The van der Waals surface area contributed by atoms with Gasteiger partial charge in [0.15, 0.2) is 5.13 Å². The molecule has 6 nitrogen and oxygen atoms in total. The third-order valence-corrected chi connectivity index (χ3v) is 5.49. The molecule has 1 aromatic heterocycles. The SMILES string of the molecule is CC1CC(C)CN(C(=O)Cc2csc(NC(=O)Nc3ccc(Cl)cc3)n2)C1. The number of urea groups is 1. The van der Waals surface area contributed by atoms with E-state index < -0.39 is 0 Å². The average Bonchev–Trinajstić information content (AvgIpc) is 3.02. The molecule has 3 rings (SSSR count). The molecule has 2 heterocycles. The molecule has 2 unspecified atom stereocenters. The van der Waals surface area contributed by atoms with Gasteiger partial charge in [0.25, 0.3) is 0 Å². The molecular weight excluding hydrogens is 384 g/mol. The number of nitrogens with zero attached hydrogens (tertiary/aromatic N) is 2. The number of carbonyl (C=O) groups is 2. The van der Waals surface area contributed by atoms with Crippen molar-refractivity contribution in [1.29, 1.82) is 0 Å². The summed E-state index contributed by atoms with van der Waals surface area (Å²) in [6.07, 6.45) is 1.42. The maximum Gasteiger partial charge on any atom is 0.325 e. The second kappa shape index (κ2) is 8.71. The van der Waals surface area contributed by atoms with E-state index in [1.54, 1.807) is 24.3 Å². The summed E-state index contributed by atoms with van der Waals surface area (Å²) < 4.78 is 0. The van der Waals surface area contributed by atoms with Crippen LogP contribution in [0, 0.1) is 11.8 Å². The molecule has 2 N–H and O–H groups in total. The van der Waals surface area contributed by atoms with Crippen LogP contribution in [-0.4, -0.2) is 34.9 Å². The van der Waals surface area contributed by atoms with Crippen LogP contribution in [0.1, 0.15) is 26.0 Å². The number of hydrogen-bond donors (Lipinski definition) is 2. The average molecular weight is 407 g/mol. The third-order valence-electron chi connectivity index (χ3n) is 4.43. The van der Waals surface area contributed by atoms with E-state index in [-0.39, 0.29) is 18.4 Å². The highest BCUT2D eigenvalue weighted by Gasteiger charge is 2.25. The van der Waals surface area contributed by atoms with Crippen LogP contribution in [0.25, 0.3) is 0 Å². The van der Waals surface area contributed by atoms with Crippen molar-refractivity contribution in [3.05, 3.63) is 40.4 Å². The smallest absolute Gasteiger partial charge is 0.325 e. The maximum atomic E-state index is 12.5.